The molecule has 9 heteroatoms. The number of rotatable bonds is 10. The monoisotopic (exact) mass is 487 g/mol. The Labute approximate surface area is 201 Å². The van der Waals surface area contributed by atoms with Crippen molar-refractivity contribution in [1.29, 1.82) is 0 Å². The second kappa shape index (κ2) is 11.7. The number of hydrogen-bond donors (Lipinski definition) is 0. The molecular weight excluding hydrogens is 461 g/mol. The lowest BCUT2D eigenvalue weighted by Gasteiger charge is -2.15. The SMILES string of the molecule is CCOc1cc(/C=C2\SC(=O)N(CC(=O)O[C@H](C)CC)C2=O)ccc1OCc1ccc(F)cc1. The Kier molecular flexibility index (Phi) is 8.70. The molecule has 0 aliphatic carbocycles. The zero-order valence-electron chi connectivity index (χ0n) is 19.2. The van der Waals surface area contributed by atoms with E-state index < -0.39 is 23.7 Å². The van der Waals surface area contributed by atoms with Crippen LogP contribution >= 0.6 is 11.8 Å². The molecule has 1 heterocycles. The highest BCUT2D eigenvalue weighted by Crippen LogP contribution is 2.35. The highest BCUT2D eigenvalue weighted by atomic mass is 32.2. The first-order valence-electron chi connectivity index (χ1n) is 10.9. The Hall–Kier alpha value is -3.33. The van der Waals surface area contributed by atoms with E-state index in [0.29, 0.717) is 30.1 Å². The van der Waals surface area contributed by atoms with Gasteiger partial charge >= 0.3 is 5.97 Å². The van der Waals surface area contributed by atoms with Crippen molar-refractivity contribution in [2.24, 2.45) is 0 Å². The third-order valence-electron chi connectivity index (χ3n) is 4.94. The second-order valence-corrected chi connectivity index (χ2v) is 8.52. The number of hydrogen-bond acceptors (Lipinski definition) is 7. The van der Waals surface area contributed by atoms with Gasteiger partial charge in [0.05, 0.1) is 17.6 Å². The Morgan fingerprint density at radius 3 is 2.50 bits per heavy atom. The van der Waals surface area contributed by atoms with E-state index >= 15 is 0 Å². The van der Waals surface area contributed by atoms with Gasteiger partial charge in [-0.1, -0.05) is 25.1 Å². The Bertz CT molecular complexity index is 1090. The van der Waals surface area contributed by atoms with Crippen molar-refractivity contribution >= 4 is 35.0 Å². The fraction of sp³-hybridized carbons (Fsp3) is 0.320. The molecule has 0 bridgehead atoms. The molecular formula is C25H26FNO6S. The summed E-state index contributed by atoms with van der Waals surface area (Å²) in [6, 6.07) is 11.1. The quantitative estimate of drug-likeness (QED) is 0.337. The summed E-state index contributed by atoms with van der Waals surface area (Å²) >= 11 is 0.763. The lowest BCUT2D eigenvalue weighted by molar-refractivity contribution is -0.150. The van der Waals surface area contributed by atoms with Crippen LogP contribution in [0.2, 0.25) is 0 Å². The first-order valence-corrected chi connectivity index (χ1v) is 11.7. The molecule has 2 aromatic rings. The molecule has 34 heavy (non-hydrogen) atoms. The number of carbonyl (C=O) groups excluding carboxylic acids is 3. The van der Waals surface area contributed by atoms with Crippen molar-refractivity contribution < 1.29 is 33.0 Å². The van der Waals surface area contributed by atoms with Crippen molar-refractivity contribution in [1.82, 2.24) is 4.90 Å². The minimum absolute atomic E-state index is 0.198. The van der Waals surface area contributed by atoms with Crippen molar-refractivity contribution in [3.63, 3.8) is 0 Å². The Morgan fingerprint density at radius 2 is 1.82 bits per heavy atom. The highest BCUT2D eigenvalue weighted by Gasteiger charge is 2.36. The van der Waals surface area contributed by atoms with E-state index in [1.54, 1.807) is 43.3 Å². The number of halogens is 1. The van der Waals surface area contributed by atoms with Gasteiger partial charge < -0.3 is 14.2 Å². The van der Waals surface area contributed by atoms with Gasteiger partial charge in [-0.2, -0.15) is 0 Å². The normalized spacial score (nSPS) is 15.5. The predicted molar refractivity (Wildman–Crippen MR) is 127 cm³/mol. The highest BCUT2D eigenvalue weighted by molar-refractivity contribution is 8.18. The van der Waals surface area contributed by atoms with Crippen LogP contribution in [-0.2, 0) is 20.9 Å². The number of carbonyl (C=O) groups is 3. The van der Waals surface area contributed by atoms with Gasteiger partial charge in [-0.15, -0.1) is 0 Å². The zero-order valence-corrected chi connectivity index (χ0v) is 20.0. The third kappa shape index (κ3) is 6.60. The molecule has 0 saturated carbocycles. The van der Waals surface area contributed by atoms with Gasteiger partial charge in [0, 0.05) is 0 Å². The number of thioether (sulfide) groups is 1. The summed E-state index contributed by atoms with van der Waals surface area (Å²) in [7, 11) is 0. The molecule has 2 amide bonds. The van der Waals surface area contributed by atoms with Gasteiger partial charge in [0.15, 0.2) is 11.5 Å². The maximum Gasteiger partial charge on any atom is 0.326 e. The minimum atomic E-state index is -0.626. The zero-order chi connectivity index (χ0) is 24.7. The smallest absolute Gasteiger partial charge is 0.326 e. The second-order valence-electron chi connectivity index (χ2n) is 7.53. The molecule has 1 atom stereocenters. The fourth-order valence-electron chi connectivity index (χ4n) is 3.01. The first kappa shape index (κ1) is 25.3. The molecule has 2 aromatic carbocycles. The Balaban J connectivity index is 1.72. The largest absolute Gasteiger partial charge is 0.490 e. The molecule has 1 aliphatic rings. The van der Waals surface area contributed by atoms with Crippen LogP contribution < -0.4 is 9.47 Å². The first-order chi connectivity index (χ1) is 16.3. The molecule has 1 fully saturated rings. The van der Waals surface area contributed by atoms with Crippen molar-refractivity contribution in [3.05, 3.63) is 64.3 Å². The molecule has 1 saturated heterocycles. The lowest BCUT2D eigenvalue weighted by Crippen LogP contribution is -2.35. The van der Waals surface area contributed by atoms with Gasteiger partial charge in [-0.25, -0.2) is 4.39 Å². The summed E-state index contributed by atoms with van der Waals surface area (Å²) in [5.41, 5.74) is 1.43. The van der Waals surface area contributed by atoms with Crippen LogP contribution in [-0.4, -0.2) is 41.3 Å². The molecule has 0 aromatic heterocycles. The predicted octanol–water partition coefficient (Wildman–Crippen LogP) is 5.18. The van der Waals surface area contributed by atoms with E-state index in [4.69, 9.17) is 14.2 Å². The molecule has 3 rings (SSSR count). The number of amides is 2. The van der Waals surface area contributed by atoms with E-state index in [0.717, 1.165) is 22.2 Å². The minimum Gasteiger partial charge on any atom is -0.490 e. The van der Waals surface area contributed by atoms with Crippen LogP contribution in [0.25, 0.3) is 6.08 Å². The van der Waals surface area contributed by atoms with Gasteiger partial charge in [0.1, 0.15) is 19.0 Å². The van der Waals surface area contributed by atoms with Gasteiger partial charge in [-0.05, 0) is 73.5 Å². The summed E-state index contributed by atoms with van der Waals surface area (Å²) in [5, 5.41) is -0.526. The van der Waals surface area contributed by atoms with Gasteiger partial charge in [0.25, 0.3) is 11.1 Å². The summed E-state index contributed by atoms with van der Waals surface area (Å²) in [4.78, 5) is 38.1. The summed E-state index contributed by atoms with van der Waals surface area (Å²) in [6.45, 7) is 5.65. The summed E-state index contributed by atoms with van der Waals surface area (Å²) in [5.74, 6) is -0.538. The summed E-state index contributed by atoms with van der Waals surface area (Å²) in [6.07, 6.45) is 1.92. The molecule has 0 N–H and O–H groups in total. The van der Waals surface area contributed by atoms with Crippen molar-refractivity contribution in [2.75, 3.05) is 13.2 Å². The molecule has 7 nitrogen and oxygen atoms in total. The average molecular weight is 488 g/mol. The van der Waals surface area contributed by atoms with E-state index in [2.05, 4.69) is 0 Å². The topological polar surface area (TPSA) is 82.1 Å². The molecule has 1 aliphatic heterocycles. The number of ether oxygens (including phenoxy) is 3. The Morgan fingerprint density at radius 1 is 1.09 bits per heavy atom. The van der Waals surface area contributed by atoms with Gasteiger partial charge in [-0.3, -0.25) is 19.3 Å². The molecule has 0 spiro atoms. The summed E-state index contributed by atoms with van der Waals surface area (Å²) < 4.78 is 29.8. The number of esters is 1. The van der Waals surface area contributed by atoms with Crippen molar-refractivity contribution in [3.8, 4) is 11.5 Å². The van der Waals surface area contributed by atoms with Crippen LogP contribution in [0, 0.1) is 5.82 Å². The van der Waals surface area contributed by atoms with Crippen LogP contribution in [0.3, 0.4) is 0 Å². The van der Waals surface area contributed by atoms with Crippen LogP contribution in [0.5, 0.6) is 11.5 Å². The van der Waals surface area contributed by atoms with E-state index in [-0.39, 0.29) is 23.4 Å². The van der Waals surface area contributed by atoms with E-state index in [9.17, 15) is 18.8 Å². The number of nitrogens with zero attached hydrogens (tertiary/aromatic N) is 1. The fourth-order valence-corrected chi connectivity index (χ4v) is 3.84. The van der Waals surface area contributed by atoms with E-state index in [1.807, 2.05) is 13.8 Å². The average Bonchev–Trinajstić information content (AvgIpc) is 3.07. The molecule has 0 unspecified atom stereocenters. The lowest BCUT2D eigenvalue weighted by atomic mass is 10.1. The number of benzene rings is 2. The van der Waals surface area contributed by atoms with Crippen molar-refractivity contribution in [2.45, 2.75) is 39.9 Å². The van der Waals surface area contributed by atoms with Crippen LogP contribution in [0.15, 0.2) is 47.4 Å². The van der Waals surface area contributed by atoms with Crippen LogP contribution in [0.4, 0.5) is 9.18 Å². The maximum absolute atomic E-state index is 13.1. The van der Waals surface area contributed by atoms with Crippen LogP contribution in [0.1, 0.15) is 38.3 Å². The third-order valence-corrected chi connectivity index (χ3v) is 5.85. The van der Waals surface area contributed by atoms with E-state index in [1.165, 1.54) is 12.1 Å². The maximum atomic E-state index is 13.1. The van der Waals surface area contributed by atoms with Gasteiger partial charge in [0.2, 0.25) is 0 Å². The molecule has 0 radical (unpaired) electrons. The number of imide groups is 1. The molecule has 180 valence electrons. The standard InChI is InChI=1S/C25H26FNO6S/c1-4-16(3)33-23(28)14-27-24(29)22(34-25(27)30)13-18-8-11-20(21(12-18)31-5-2)32-15-17-6-9-19(26)10-7-17/h6-13,16H,4-5,14-15H2,1-3H3/b22-13-/t16-/m1/s1.